The summed E-state index contributed by atoms with van der Waals surface area (Å²) in [6, 6.07) is 2.47. The molecular weight excluding hydrogens is 339 g/mol. The van der Waals surface area contributed by atoms with Crippen LogP contribution >= 0.6 is 0 Å². The molecule has 146 valence electrons. The number of nitrogens with zero attached hydrogens (tertiary/aromatic N) is 3. The fraction of sp³-hybridized carbons (Fsp3) is 0.650. The highest BCUT2D eigenvalue weighted by Crippen LogP contribution is 2.32. The summed E-state index contributed by atoms with van der Waals surface area (Å²) in [5.41, 5.74) is 1.97. The number of carbonyl (C=O) groups is 1. The first-order valence-electron chi connectivity index (χ1n) is 9.97. The third kappa shape index (κ3) is 4.51. The number of hydrogen-bond acceptors (Lipinski definition) is 5. The Kier molecular flexibility index (Phi) is 5.61. The summed E-state index contributed by atoms with van der Waals surface area (Å²) in [7, 11) is 2.75. The monoisotopic (exact) mass is 370 g/mol. The number of aliphatic hydroxyl groups is 1. The summed E-state index contributed by atoms with van der Waals surface area (Å²) in [5, 5.41) is 13.3. The first kappa shape index (κ1) is 19.9. The van der Waals surface area contributed by atoms with Crippen LogP contribution in [0.2, 0.25) is 0 Å². The van der Waals surface area contributed by atoms with Crippen LogP contribution in [-0.2, 0) is 0 Å². The maximum atomic E-state index is 12.7. The van der Waals surface area contributed by atoms with Gasteiger partial charge in [0.1, 0.15) is 5.82 Å². The zero-order valence-corrected chi connectivity index (χ0v) is 17.1. The average Bonchev–Trinajstić information content (AvgIpc) is 3.03. The summed E-state index contributed by atoms with van der Waals surface area (Å²) in [4.78, 5) is 23.8. The normalized spacial score (nSPS) is 22.1. The van der Waals surface area contributed by atoms with Crippen LogP contribution in [0.5, 0.6) is 0 Å². The highest BCUT2D eigenvalue weighted by atomic mass is 16.3. The van der Waals surface area contributed by atoms with Crippen molar-refractivity contribution in [2.24, 2.45) is 10.9 Å². The first-order valence-corrected chi connectivity index (χ1v) is 9.97. The van der Waals surface area contributed by atoms with Crippen molar-refractivity contribution >= 4 is 30.2 Å². The number of aromatic nitrogens is 1. The van der Waals surface area contributed by atoms with E-state index in [0.29, 0.717) is 17.5 Å². The number of nitrogens with one attached hydrogen (secondary N) is 1. The van der Waals surface area contributed by atoms with Gasteiger partial charge in [0, 0.05) is 25.3 Å². The van der Waals surface area contributed by atoms with Gasteiger partial charge < -0.3 is 15.3 Å². The smallest absolute Gasteiger partial charge is 0.253 e. The number of pyridine rings is 1. The molecule has 1 amide bonds. The number of aliphatic imine (C=N–C) groups is 1. The van der Waals surface area contributed by atoms with Crippen molar-refractivity contribution in [2.75, 3.05) is 7.05 Å². The molecule has 0 saturated heterocycles. The molecule has 0 radical (unpaired) electrons. The minimum atomic E-state index is -0.639. The van der Waals surface area contributed by atoms with E-state index >= 15 is 0 Å². The molecule has 2 heterocycles. The SMILES string of the molecule is CC(C)N(C)C1=Nc2ncc(C(=O)NC3CCC(C(C)(C)O)CC3)cc2B1. The molecular formula is C20H31BN4O2. The van der Waals surface area contributed by atoms with Gasteiger partial charge in [0.2, 0.25) is 7.28 Å². The van der Waals surface area contributed by atoms with Gasteiger partial charge in [-0.2, -0.15) is 0 Å². The van der Waals surface area contributed by atoms with Gasteiger partial charge >= 0.3 is 0 Å². The lowest BCUT2D eigenvalue weighted by atomic mass is 9.70. The molecule has 27 heavy (non-hydrogen) atoms. The molecule has 1 aromatic rings. The van der Waals surface area contributed by atoms with E-state index < -0.39 is 5.60 Å². The Hall–Kier alpha value is -1.89. The van der Waals surface area contributed by atoms with Crippen LogP contribution in [0.4, 0.5) is 5.82 Å². The Labute approximate surface area is 162 Å². The third-order valence-electron chi connectivity index (χ3n) is 6.03. The maximum absolute atomic E-state index is 12.7. The quantitative estimate of drug-likeness (QED) is 0.789. The molecule has 0 unspecified atom stereocenters. The molecule has 1 aliphatic heterocycles. The highest BCUT2D eigenvalue weighted by molar-refractivity contribution is 6.87. The number of carbonyl (C=O) groups excluding carboxylic acids is 1. The Morgan fingerprint density at radius 1 is 1.33 bits per heavy atom. The van der Waals surface area contributed by atoms with Gasteiger partial charge in [0.25, 0.3) is 5.91 Å². The van der Waals surface area contributed by atoms with Crippen molar-refractivity contribution in [3.8, 4) is 0 Å². The average molecular weight is 370 g/mol. The van der Waals surface area contributed by atoms with Gasteiger partial charge in [-0.25, -0.2) is 9.98 Å². The zero-order valence-electron chi connectivity index (χ0n) is 17.1. The predicted molar refractivity (Wildman–Crippen MR) is 111 cm³/mol. The second-order valence-electron chi connectivity index (χ2n) is 8.79. The summed E-state index contributed by atoms with van der Waals surface area (Å²) >= 11 is 0. The molecule has 6 nitrogen and oxygen atoms in total. The molecule has 0 atom stereocenters. The minimum Gasteiger partial charge on any atom is -0.390 e. The topological polar surface area (TPSA) is 77.8 Å². The van der Waals surface area contributed by atoms with E-state index in [9.17, 15) is 9.90 Å². The van der Waals surface area contributed by atoms with Gasteiger partial charge in [-0.15, -0.1) is 0 Å². The lowest BCUT2D eigenvalue weighted by Crippen LogP contribution is -2.42. The summed E-state index contributed by atoms with van der Waals surface area (Å²) < 4.78 is 0. The molecule has 3 rings (SSSR count). The number of rotatable bonds is 4. The van der Waals surface area contributed by atoms with E-state index in [1.54, 1.807) is 6.20 Å². The molecule has 2 aliphatic rings. The lowest BCUT2D eigenvalue weighted by molar-refractivity contribution is -0.00257. The van der Waals surface area contributed by atoms with Crippen molar-refractivity contribution in [3.05, 3.63) is 17.8 Å². The highest BCUT2D eigenvalue weighted by Gasteiger charge is 2.32. The first-order chi connectivity index (χ1) is 12.6. The maximum Gasteiger partial charge on any atom is 0.253 e. The van der Waals surface area contributed by atoms with Crippen molar-refractivity contribution < 1.29 is 9.90 Å². The van der Waals surface area contributed by atoms with Crippen LogP contribution in [0, 0.1) is 5.92 Å². The third-order valence-corrected chi connectivity index (χ3v) is 6.03. The number of fused-ring (bicyclic) bond motifs is 1. The summed E-state index contributed by atoms with van der Waals surface area (Å²) in [6.07, 6.45) is 5.32. The minimum absolute atomic E-state index is 0.0670. The Morgan fingerprint density at radius 2 is 2.00 bits per heavy atom. The molecule has 0 bridgehead atoms. The van der Waals surface area contributed by atoms with Gasteiger partial charge in [-0.1, -0.05) is 0 Å². The summed E-state index contributed by atoms with van der Waals surface area (Å²) in [5.74, 6) is 0.961. The summed E-state index contributed by atoms with van der Waals surface area (Å²) in [6.45, 7) is 8.01. The fourth-order valence-electron chi connectivity index (χ4n) is 3.90. The number of hydrogen-bond donors (Lipinski definition) is 2. The molecule has 2 N–H and O–H groups in total. The standard InChI is InChI=1S/C20H31BN4O2/c1-12(2)25(5)19-21-16-10-13(11-22-17(16)24-19)18(26)23-15-8-6-14(7-9-15)20(3,4)27/h10-12,14-15,21,27H,6-9H2,1-5H3,(H,23,26). The van der Waals surface area contributed by atoms with Crippen LogP contribution in [0.3, 0.4) is 0 Å². The van der Waals surface area contributed by atoms with E-state index in [1.165, 1.54) is 0 Å². The molecule has 7 heteroatoms. The molecule has 0 aromatic carbocycles. The van der Waals surface area contributed by atoms with Gasteiger partial charge in [-0.3, -0.25) is 4.79 Å². The van der Waals surface area contributed by atoms with Crippen LogP contribution in [0.25, 0.3) is 0 Å². The Morgan fingerprint density at radius 3 is 2.59 bits per heavy atom. The molecule has 1 fully saturated rings. The lowest BCUT2D eigenvalue weighted by Gasteiger charge is -2.36. The largest absolute Gasteiger partial charge is 0.390 e. The Balaban J connectivity index is 1.59. The zero-order chi connectivity index (χ0) is 19.8. The second kappa shape index (κ2) is 7.62. The second-order valence-corrected chi connectivity index (χ2v) is 8.79. The molecule has 1 aliphatic carbocycles. The van der Waals surface area contributed by atoms with Crippen molar-refractivity contribution in [1.29, 1.82) is 0 Å². The van der Waals surface area contributed by atoms with Crippen molar-refractivity contribution in [2.45, 2.75) is 71.1 Å². The number of amides is 1. The van der Waals surface area contributed by atoms with Crippen molar-refractivity contribution in [3.63, 3.8) is 0 Å². The van der Waals surface area contributed by atoms with Crippen molar-refractivity contribution in [1.82, 2.24) is 15.2 Å². The van der Waals surface area contributed by atoms with Crippen LogP contribution in [0.1, 0.15) is 63.7 Å². The van der Waals surface area contributed by atoms with Crippen LogP contribution in [-0.4, -0.2) is 58.6 Å². The van der Waals surface area contributed by atoms with Crippen LogP contribution < -0.4 is 10.8 Å². The van der Waals surface area contributed by atoms with E-state index in [-0.39, 0.29) is 11.9 Å². The van der Waals surface area contributed by atoms with E-state index in [0.717, 1.165) is 50.0 Å². The van der Waals surface area contributed by atoms with Gasteiger partial charge in [0.05, 0.1) is 16.9 Å². The fourth-order valence-corrected chi connectivity index (χ4v) is 3.90. The predicted octanol–water partition coefficient (Wildman–Crippen LogP) is 1.54. The number of amidine groups is 1. The molecule has 1 aromatic heterocycles. The van der Waals surface area contributed by atoms with Crippen LogP contribution in [0.15, 0.2) is 17.3 Å². The molecule has 0 spiro atoms. The van der Waals surface area contributed by atoms with Gasteiger partial charge in [-0.05, 0) is 70.8 Å². The Bertz CT molecular complexity index is 734. The van der Waals surface area contributed by atoms with Gasteiger partial charge in [0.15, 0.2) is 0 Å². The van der Waals surface area contributed by atoms with E-state index in [4.69, 9.17) is 0 Å². The van der Waals surface area contributed by atoms with E-state index in [2.05, 4.69) is 34.0 Å². The van der Waals surface area contributed by atoms with E-state index in [1.807, 2.05) is 27.0 Å². The molecule has 1 saturated carbocycles.